The summed E-state index contributed by atoms with van der Waals surface area (Å²) in [6.45, 7) is 0.579. The van der Waals surface area contributed by atoms with E-state index >= 15 is 0 Å². The van der Waals surface area contributed by atoms with Gasteiger partial charge >= 0.3 is 5.69 Å². The molecule has 1 unspecified atom stereocenters. The molecule has 8 nitrogen and oxygen atoms in total. The molecule has 1 aliphatic rings. The Hall–Kier alpha value is -2.43. The van der Waals surface area contributed by atoms with Crippen LogP contribution in [0.3, 0.4) is 0 Å². The molecule has 1 aromatic carbocycles. The number of nitrogens with one attached hydrogen (secondary N) is 3. The van der Waals surface area contributed by atoms with E-state index in [1.807, 2.05) is 0 Å². The number of aromatic amines is 2. The minimum atomic E-state index is -3.56. The maximum atomic E-state index is 12.7. The van der Waals surface area contributed by atoms with Gasteiger partial charge in [0.1, 0.15) is 4.21 Å². The topological polar surface area (TPSA) is 115 Å². The van der Waals surface area contributed by atoms with Crippen molar-refractivity contribution in [2.45, 2.75) is 17.1 Å². The number of imidazole rings is 1. The molecule has 3 heterocycles. The van der Waals surface area contributed by atoms with Gasteiger partial charge in [0.2, 0.25) is 5.91 Å². The number of hydrogen-bond acceptors (Lipinski definition) is 5. The van der Waals surface area contributed by atoms with E-state index in [9.17, 15) is 18.0 Å². The highest BCUT2D eigenvalue weighted by Crippen LogP contribution is 2.27. The van der Waals surface area contributed by atoms with Crippen molar-refractivity contribution < 1.29 is 13.2 Å². The van der Waals surface area contributed by atoms with Crippen LogP contribution < -0.4 is 11.0 Å². The van der Waals surface area contributed by atoms with Crippen LogP contribution >= 0.6 is 11.3 Å². The Morgan fingerprint density at radius 1 is 1.22 bits per heavy atom. The Bertz CT molecular complexity index is 1130. The first-order valence-corrected chi connectivity index (χ1v) is 10.8. The minimum absolute atomic E-state index is 0.162. The average molecular weight is 406 g/mol. The van der Waals surface area contributed by atoms with Crippen molar-refractivity contribution in [1.82, 2.24) is 14.3 Å². The van der Waals surface area contributed by atoms with Crippen molar-refractivity contribution in [3.63, 3.8) is 0 Å². The number of amides is 1. The lowest BCUT2D eigenvalue weighted by Crippen LogP contribution is -2.43. The van der Waals surface area contributed by atoms with Crippen molar-refractivity contribution in [3.05, 3.63) is 46.2 Å². The molecule has 1 atom stereocenters. The molecule has 0 aliphatic carbocycles. The second-order valence-electron chi connectivity index (χ2n) is 6.46. The van der Waals surface area contributed by atoms with Crippen LogP contribution in [0.5, 0.6) is 0 Å². The number of thiophene rings is 1. The van der Waals surface area contributed by atoms with Crippen LogP contribution in [-0.4, -0.2) is 41.7 Å². The molecule has 1 aliphatic heterocycles. The van der Waals surface area contributed by atoms with Crippen LogP contribution in [-0.2, 0) is 14.8 Å². The van der Waals surface area contributed by atoms with Gasteiger partial charge in [0.05, 0.1) is 17.0 Å². The first-order chi connectivity index (χ1) is 12.9. The van der Waals surface area contributed by atoms with E-state index in [1.54, 1.807) is 35.7 Å². The molecule has 10 heteroatoms. The summed E-state index contributed by atoms with van der Waals surface area (Å²) in [5.41, 5.74) is 1.50. The number of benzene rings is 1. The summed E-state index contributed by atoms with van der Waals surface area (Å²) in [6, 6.07) is 8.36. The number of sulfonamides is 1. The molecule has 1 amide bonds. The van der Waals surface area contributed by atoms with E-state index in [1.165, 1.54) is 15.6 Å². The van der Waals surface area contributed by atoms with Gasteiger partial charge in [-0.05, 0) is 42.5 Å². The Kier molecular flexibility index (Phi) is 4.62. The lowest BCUT2D eigenvalue weighted by Gasteiger charge is -2.30. The Labute approximate surface area is 159 Å². The summed E-state index contributed by atoms with van der Waals surface area (Å²) in [6.07, 6.45) is 1.26. The van der Waals surface area contributed by atoms with Crippen LogP contribution in [0.4, 0.5) is 5.69 Å². The fraction of sp³-hybridized carbons (Fsp3) is 0.294. The van der Waals surface area contributed by atoms with Crippen LogP contribution in [0.1, 0.15) is 12.8 Å². The van der Waals surface area contributed by atoms with Crippen LogP contribution in [0, 0.1) is 5.92 Å². The molecule has 2 aromatic heterocycles. The number of carbonyl (C=O) groups is 1. The molecule has 3 N–H and O–H groups in total. The fourth-order valence-electron chi connectivity index (χ4n) is 3.27. The summed E-state index contributed by atoms with van der Waals surface area (Å²) in [4.78, 5) is 29.3. The largest absolute Gasteiger partial charge is 0.326 e. The zero-order valence-electron chi connectivity index (χ0n) is 14.3. The van der Waals surface area contributed by atoms with Crippen molar-refractivity contribution in [2.75, 3.05) is 18.4 Å². The predicted octanol–water partition coefficient (Wildman–Crippen LogP) is 1.96. The van der Waals surface area contributed by atoms with E-state index in [0.717, 1.165) is 0 Å². The van der Waals surface area contributed by atoms with Gasteiger partial charge in [0.25, 0.3) is 10.0 Å². The number of rotatable bonds is 4. The molecule has 4 rings (SSSR count). The molecule has 0 spiro atoms. The zero-order chi connectivity index (χ0) is 19.0. The van der Waals surface area contributed by atoms with E-state index in [2.05, 4.69) is 15.3 Å². The number of fused-ring (bicyclic) bond motifs is 1. The summed E-state index contributed by atoms with van der Waals surface area (Å²) < 4.78 is 27.1. The normalized spacial score (nSPS) is 18.6. The van der Waals surface area contributed by atoms with Gasteiger partial charge in [-0.2, -0.15) is 4.31 Å². The number of aromatic nitrogens is 2. The fourth-order valence-corrected chi connectivity index (χ4v) is 5.94. The monoisotopic (exact) mass is 406 g/mol. The summed E-state index contributed by atoms with van der Waals surface area (Å²) in [7, 11) is -3.56. The molecule has 0 radical (unpaired) electrons. The van der Waals surface area contributed by atoms with Crippen LogP contribution in [0.25, 0.3) is 11.0 Å². The van der Waals surface area contributed by atoms with E-state index in [4.69, 9.17) is 0 Å². The molecule has 0 bridgehead atoms. The standard InChI is InChI=1S/C17H18N4O4S2/c22-16(18-12-5-6-13-14(9-12)20-17(23)19-13)11-3-1-7-21(10-11)27(24,25)15-4-2-8-26-15/h2,4-6,8-9,11H,1,3,7,10H2,(H,18,22)(H2,19,20,23). The van der Waals surface area contributed by atoms with Gasteiger partial charge in [0, 0.05) is 18.8 Å². The molecular formula is C17H18N4O4S2. The van der Waals surface area contributed by atoms with Crippen molar-refractivity contribution in [2.24, 2.45) is 5.92 Å². The number of anilines is 1. The van der Waals surface area contributed by atoms with E-state index in [0.29, 0.717) is 40.3 Å². The summed E-state index contributed by atoms with van der Waals surface area (Å²) in [5.74, 6) is -0.646. The average Bonchev–Trinajstić information content (AvgIpc) is 3.30. The highest BCUT2D eigenvalue weighted by atomic mass is 32.2. The molecule has 142 valence electrons. The van der Waals surface area contributed by atoms with E-state index in [-0.39, 0.29) is 18.1 Å². The molecule has 3 aromatic rings. The summed E-state index contributed by atoms with van der Waals surface area (Å²) >= 11 is 1.18. The first kappa shape index (κ1) is 18.0. The van der Waals surface area contributed by atoms with Crippen molar-refractivity contribution >= 4 is 44.0 Å². The van der Waals surface area contributed by atoms with Crippen LogP contribution in [0.2, 0.25) is 0 Å². The lowest BCUT2D eigenvalue weighted by molar-refractivity contribution is -0.120. The highest BCUT2D eigenvalue weighted by Gasteiger charge is 2.33. The highest BCUT2D eigenvalue weighted by molar-refractivity contribution is 7.91. The SMILES string of the molecule is O=C(Nc1ccc2[nH]c(=O)[nH]c2c1)C1CCCN(S(=O)(=O)c2cccs2)C1. The van der Waals surface area contributed by atoms with Gasteiger partial charge in [0.15, 0.2) is 0 Å². The third-order valence-corrected chi connectivity index (χ3v) is 7.87. The minimum Gasteiger partial charge on any atom is -0.326 e. The molecule has 1 saturated heterocycles. The number of carbonyl (C=O) groups excluding carboxylic acids is 1. The second-order valence-corrected chi connectivity index (χ2v) is 9.58. The third kappa shape index (κ3) is 3.55. The third-order valence-electron chi connectivity index (χ3n) is 4.63. The lowest BCUT2D eigenvalue weighted by atomic mass is 9.98. The molecular weight excluding hydrogens is 388 g/mol. The quantitative estimate of drug-likeness (QED) is 0.614. The smallest absolute Gasteiger partial charge is 0.323 e. The van der Waals surface area contributed by atoms with Crippen molar-refractivity contribution in [1.29, 1.82) is 0 Å². The van der Waals surface area contributed by atoms with E-state index < -0.39 is 15.9 Å². The molecule has 1 fully saturated rings. The number of hydrogen-bond donors (Lipinski definition) is 3. The maximum absolute atomic E-state index is 12.7. The Morgan fingerprint density at radius 3 is 2.81 bits per heavy atom. The Morgan fingerprint density at radius 2 is 2.04 bits per heavy atom. The van der Waals surface area contributed by atoms with Gasteiger partial charge in [-0.25, -0.2) is 13.2 Å². The second kappa shape index (κ2) is 6.95. The number of piperidine rings is 1. The molecule has 27 heavy (non-hydrogen) atoms. The van der Waals surface area contributed by atoms with Crippen molar-refractivity contribution in [3.8, 4) is 0 Å². The van der Waals surface area contributed by atoms with Gasteiger partial charge < -0.3 is 15.3 Å². The maximum Gasteiger partial charge on any atom is 0.323 e. The summed E-state index contributed by atoms with van der Waals surface area (Å²) in [5, 5.41) is 4.55. The zero-order valence-corrected chi connectivity index (χ0v) is 15.9. The number of nitrogens with zero attached hydrogens (tertiary/aromatic N) is 1. The molecule has 0 saturated carbocycles. The van der Waals surface area contributed by atoms with Gasteiger partial charge in [-0.1, -0.05) is 6.07 Å². The van der Waals surface area contributed by atoms with Crippen LogP contribution in [0.15, 0.2) is 44.7 Å². The Balaban J connectivity index is 1.48. The predicted molar refractivity (Wildman–Crippen MR) is 103 cm³/mol. The van der Waals surface area contributed by atoms with Gasteiger partial charge in [-0.15, -0.1) is 11.3 Å². The number of H-pyrrole nitrogens is 2. The van der Waals surface area contributed by atoms with Gasteiger partial charge in [-0.3, -0.25) is 4.79 Å². The first-order valence-electron chi connectivity index (χ1n) is 8.50.